The van der Waals surface area contributed by atoms with Gasteiger partial charge in [0.25, 0.3) is 0 Å². The van der Waals surface area contributed by atoms with E-state index in [1.54, 1.807) is 23.5 Å². The summed E-state index contributed by atoms with van der Waals surface area (Å²) < 4.78 is 5.01. The zero-order valence-corrected chi connectivity index (χ0v) is 29.9. The second kappa shape index (κ2) is 17.3. The highest BCUT2D eigenvalue weighted by atomic mass is 32.2. The van der Waals surface area contributed by atoms with Gasteiger partial charge in [0.05, 0.1) is 0 Å². The van der Waals surface area contributed by atoms with Crippen LogP contribution in [0.4, 0.5) is 0 Å². The third-order valence-electron chi connectivity index (χ3n) is 9.08. The second-order valence-electron chi connectivity index (χ2n) is 12.3. The molecule has 0 saturated heterocycles. The molecule has 0 radical (unpaired) electrons. The lowest BCUT2D eigenvalue weighted by Crippen LogP contribution is -2.38. The van der Waals surface area contributed by atoms with E-state index in [-0.39, 0.29) is 0 Å². The van der Waals surface area contributed by atoms with Gasteiger partial charge in [0.1, 0.15) is 13.1 Å². The summed E-state index contributed by atoms with van der Waals surface area (Å²) in [5, 5.41) is 2.60. The molecule has 242 valence electrons. The number of hydrogen-bond acceptors (Lipinski definition) is 2. The quantitative estimate of drug-likeness (QED) is 0.0612. The van der Waals surface area contributed by atoms with Crippen LogP contribution in [0, 0.1) is 0 Å². The summed E-state index contributed by atoms with van der Waals surface area (Å²) in [6.45, 7) is 2.07. The van der Waals surface area contributed by atoms with E-state index in [1.807, 2.05) is 0 Å². The highest BCUT2D eigenvalue weighted by Gasteiger charge is 2.15. The molecule has 0 aliphatic heterocycles. The Morgan fingerprint density at radius 1 is 0.417 bits per heavy atom. The summed E-state index contributed by atoms with van der Waals surface area (Å²) in [5.41, 5.74) is 7.61. The maximum atomic E-state index is 2.51. The molecule has 0 unspecified atom stereocenters. The fourth-order valence-electron chi connectivity index (χ4n) is 6.39. The number of nitrogens with zero attached hydrogens (tertiary/aromatic N) is 2. The molecule has 0 N–H and O–H groups in total. The predicted molar refractivity (Wildman–Crippen MR) is 210 cm³/mol. The van der Waals surface area contributed by atoms with Crippen LogP contribution in [0.25, 0.3) is 46.1 Å². The Hall–Kier alpha value is -4.12. The number of hydrogen-bond donors (Lipinski definition) is 0. The SMILES string of the molecule is CSc1ccc(/C=C/c2ccc3ccccc3[n+]2CCCCCCCC[n+]2c(/C=C/c3ccc(SC)cc3)ccc3ccccc32)cc1. The van der Waals surface area contributed by atoms with Crippen LogP contribution in [0.1, 0.15) is 61.0 Å². The lowest BCUT2D eigenvalue weighted by Gasteiger charge is -2.07. The average molecular weight is 667 g/mol. The Kier molecular flexibility index (Phi) is 12.2. The molecule has 2 heterocycles. The Balaban J connectivity index is 1.04. The first-order chi connectivity index (χ1) is 23.7. The third-order valence-corrected chi connectivity index (χ3v) is 10.6. The molecule has 0 aliphatic rings. The summed E-state index contributed by atoms with van der Waals surface area (Å²) in [5.74, 6) is 0. The molecule has 4 heteroatoms. The maximum Gasteiger partial charge on any atom is 0.212 e. The van der Waals surface area contributed by atoms with E-state index in [1.165, 1.54) is 92.6 Å². The van der Waals surface area contributed by atoms with Crippen LogP contribution < -0.4 is 9.13 Å². The van der Waals surface area contributed by atoms with Crippen LogP contribution in [0.15, 0.2) is 131 Å². The fraction of sp³-hybridized carbons (Fsp3) is 0.227. The topological polar surface area (TPSA) is 7.76 Å². The largest absolute Gasteiger partial charge is 0.212 e. The summed E-state index contributed by atoms with van der Waals surface area (Å²) in [6, 6.07) is 44.2. The first kappa shape index (κ1) is 33.8. The Bertz CT molecular complexity index is 1850. The minimum absolute atomic E-state index is 1.04. The molecule has 0 saturated carbocycles. The first-order valence-electron chi connectivity index (χ1n) is 17.2. The predicted octanol–water partition coefficient (Wildman–Crippen LogP) is 11.4. The van der Waals surface area contributed by atoms with Gasteiger partial charge in [-0.05, 0) is 97.2 Å². The monoisotopic (exact) mass is 666 g/mol. The van der Waals surface area contributed by atoms with Crippen LogP contribution in [0.5, 0.6) is 0 Å². The summed E-state index contributed by atoms with van der Waals surface area (Å²) >= 11 is 3.56. The van der Waals surface area contributed by atoms with Crippen molar-refractivity contribution in [1.82, 2.24) is 0 Å². The summed E-state index contributed by atoms with van der Waals surface area (Å²) in [4.78, 5) is 2.59. The molecule has 0 atom stereocenters. The summed E-state index contributed by atoms with van der Waals surface area (Å²) in [7, 11) is 0. The normalized spacial score (nSPS) is 11.8. The molecule has 6 rings (SSSR count). The third kappa shape index (κ3) is 8.86. The van der Waals surface area contributed by atoms with Gasteiger partial charge in [-0.25, -0.2) is 0 Å². The first-order valence-corrected chi connectivity index (χ1v) is 19.6. The van der Waals surface area contributed by atoms with Crippen LogP contribution in [-0.4, -0.2) is 12.5 Å². The molecule has 0 spiro atoms. The van der Waals surface area contributed by atoms with Gasteiger partial charge in [-0.3, -0.25) is 0 Å². The molecule has 0 aliphatic carbocycles. The standard InChI is InChI=1S/C44H46N2S2/c1-47-41-29-19-35(20-30-41)17-25-39-27-23-37-13-7-9-15-43(37)45(39)33-11-5-3-4-6-12-34-46-40(28-24-38-14-8-10-16-44(38)46)26-18-36-21-31-42(48-2)32-22-36/h7-10,13-32H,3-6,11-12,33-34H2,1-2H3/q+2/b25-17+,26-18+. The van der Waals surface area contributed by atoms with Crippen molar-refractivity contribution in [3.8, 4) is 0 Å². The number of rotatable bonds is 15. The molecule has 0 fully saturated rings. The van der Waals surface area contributed by atoms with Crippen LogP contribution in [0.2, 0.25) is 0 Å². The van der Waals surface area contributed by atoms with E-state index in [0.717, 1.165) is 13.1 Å². The Morgan fingerprint density at radius 3 is 1.23 bits per heavy atom. The lowest BCUT2D eigenvalue weighted by molar-refractivity contribution is -0.673. The van der Waals surface area contributed by atoms with Crippen molar-refractivity contribution in [2.24, 2.45) is 0 Å². The van der Waals surface area contributed by atoms with Gasteiger partial charge in [-0.1, -0.05) is 61.4 Å². The second-order valence-corrected chi connectivity index (χ2v) is 14.0. The van der Waals surface area contributed by atoms with Gasteiger partial charge in [0.15, 0.2) is 0 Å². The van der Waals surface area contributed by atoms with Gasteiger partial charge in [-0.2, -0.15) is 9.13 Å². The van der Waals surface area contributed by atoms with Crippen LogP contribution in [-0.2, 0) is 13.1 Å². The number of benzene rings is 4. The molecule has 48 heavy (non-hydrogen) atoms. The Morgan fingerprint density at radius 2 is 0.812 bits per heavy atom. The number of para-hydroxylation sites is 2. The van der Waals surface area contributed by atoms with Crippen molar-refractivity contribution in [3.05, 3.63) is 144 Å². The number of pyridine rings is 2. The minimum atomic E-state index is 1.04. The minimum Gasteiger partial charge on any atom is -0.192 e. The zero-order chi connectivity index (χ0) is 33.0. The smallest absolute Gasteiger partial charge is 0.192 e. The number of fused-ring (bicyclic) bond motifs is 2. The lowest BCUT2D eigenvalue weighted by atomic mass is 10.1. The number of thioether (sulfide) groups is 2. The van der Waals surface area contributed by atoms with Crippen molar-refractivity contribution in [1.29, 1.82) is 0 Å². The van der Waals surface area contributed by atoms with Gasteiger partial charge >= 0.3 is 0 Å². The fourth-order valence-corrected chi connectivity index (χ4v) is 7.20. The van der Waals surface area contributed by atoms with Crippen molar-refractivity contribution in [2.45, 2.75) is 61.4 Å². The molecule has 2 nitrogen and oxygen atoms in total. The van der Waals surface area contributed by atoms with Crippen molar-refractivity contribution in [3.63, 3.8) is 0 Å². The van der Waals surface area contributed by atoms with Crippen molar-refractivity contribution < 1.29 is 9.13 Å². The number of aromatic nitrogens is 2. The molecular formula is C44H46N2S2+2. The van der Waals surface area contributed by atoms with Crippen molar-refractivity contribution in [2.75, 3.05) is 12.5 Å². The zero-order valence-electron chi connectivity index (χ0n) is 28.2. The molecular weight excluding hydrogens is 621 g/mol. The highest BCUT2D eigenvalue weighted by molar-refractivity contribution is 7.98. The van der Waals surface area contributed by atoms with E-state index in [0.29, 0.717) is 0 Å². The van der Waals surface area contributed by atoms with Gasteiger partial charge in [-0.15, -0.1) is 23.5 Å². The van der Waals surface area contributed by atoms with Gasteiger partial charge < -0.3 is 0 Å². The van der Waals surface area contributed by atoms with Gasteiger partial charge in [0.2, 0.25) is 22.4 Å². The van der Waals surface area contributed by atoms with E-state index >= 15 is 0 Å². The van der Waals surface area contributed by atoms with Crippen LogP contribution in [0.3, 0.4) is 0 Å². The maximum absolute atomic E-state index is 2.51. The van der Waals surface area contributed by atoms with Crippen LogP contribution >= 0.6 is 23.5 Å². The molecule has 4 aromatic carbocycles. The van der Waals surface area contributed by atoms with E-state index in [2.05, 4.69) is 167 Å². The van der Waals surface area contributed by atoms with E-state index in [9.17, 15) is 0 Å². The molecule has 6 aromatic rings. The average Bonchev–Trinajstić information content (AvgIpc) is 3.15. The summed E-state index contributed by atoms with van der Waals surface area (Å²) in [6.07, 6.45) is 20.7. The van der Waals surface area contributed by atoms with E-state index < -0.39 is 0 Å². The van der Waals surface area contributed by atoms with Crippen molar-refractivity contribution >= 4 is 69.6 Å². The molecule has 2 aromatic heterocycles. The molecule has 0 amide bonds. The highest BCUT2D eigenvalue weighted by Crippen LogP contribution is 2.19. The molecule has 0 bridgehead atoms. The van der Waals surface area contributed by atoms with E-state index in [4.69, 9.17) is 0 Å². The Labute approximate surface area is 295 Å². The number of aryl methyl sites for hydroxylation is 2. The van der Waals surface area contributed by atoms with Gasteiger partial charge in [0, 0.05) is 69.8 Å². The number of unbranched alkanes of at least 4 members (excludes halogenated alkanes) is 5.